The molecule has 0 aromatic carbocycles. The number of hydrogen-bond donors (Lipinski definition) is 1. The van der Waals surface area contributed by atoms with Crippen LogP contribution < -0.4 is 0 Å². The maximum atomic E-state index is 11.3. The minimum absolute atomic E-state index is 0.500. The summed E-state index contributed by atoms with van der Waals surface area (Å²) < 4.78 is 1.39. The third kappa shape index (κ3) is 2.70. The zero-order valence-electron chi connectivity index (χ0n) is 9.68. The molecule has 6 nitrogen and oxygen atoms in total. The van der Waals surface area contributed by atoms with Crippen molar-refractivity contribution in [3.8, 4) is 10.7 Å². The molecule has 8 heteroatoms. The van der Waals surface area contributed by atoms with Crippen LogP contribution in [-0.2, 0) is 4.79 Å². The van der Waals surface area contributed by atoms with E-state index in [4.69, 9.17) is 0 Å². The Balaban J connectivity index is 2.31. The second-order valence-corrected chi connectivity index (χ2v) is 5.49. The quantitative estimate of drug-likeness (QED) is 0.871. The second kappa shape index (κ2) is 5.96. The van der Waals surface area contributed by atoms with Gasteiger partial charge in [0.05, 0.1) is 4.88 Å². The first kappa shape index (κ1) is 13.0. The number of thioether (sulfide) groups is 1. The van der Waals surface area contributed by atoms with Crippen molar-refractivity contribution in [1.29, 1.82) is 0 Å². The fourth-order valence-corrected chi connectivity index (χ4v) is 2.71. The summed E-state index contributed by atoms with van der Waals surface area (Å²) >= 11 is 3.09. The van der Waals surface area contributed by atoms with Crippen molar-refractivity contribution in [2.24, 2.45) is 0 Å². The van der Waals surface area contributed by atoms with Gasteiger partial charge < -0.3 is 5.11 Å². The maximum absolute atomic E-state index is 11.3. The predicted octanol–water partition coefficient (Wildman–Crippen LogP) is 1.78. The van der Waals surface area contributed by atoms with Crippen molar-refractivity contribution in [2.75, 3.05) is 12.0 Å². The summed E-state index contributed by atoms with van der Waals surface area (Å²) in [6.45, 7) is 0. The molecular weight excluding hydrogens is 272 g/mol. The van der Waals surface area contributed by atoms with Crippen LogP contribution in [0.4, 0.5) is 0 Å². The summed E-state index contributed by atoms with van der Waals surface area (Å²) in [6.07, 6.45) is 2.44. The lowest BCUT2D eigenvalue weighted by atomic mass is 10.2. The van der Waals surface area contributed by atoms with Crippen LogP contribution in [0, 0.1) is 0 Å². The minimum atomic E-state index is -0.908. The number of hydrogen-bond acceptors (Lipinski definition) is 6. The molecule has 2 rings (SSSR count). The lowest BCUT2D eigenvalue weighted by molar-refractivity contribution is -0.141. The summed E-state index contributed by atoms with van der Waals surface area (Å²) in [6, 6.07) is 3.04. The van der Waals surface area contributed by atoms with Crippen LogP contribution in [0.3, 0.4) is 0 Å². The summed E-state index contributed by atoms with van der Waals surface area (Å²) in [5.41, 5.74) is 0. The Kier molecular flexibility index (Phi) is 4.32. The Bertz CT molecular complexity index is 512. The van der Waals surface area contributed by atoms with E-state index in [0.717, 1.165) is 10.6 Å². The van der Waals surface area contributed by atoms with Gasteiger partial charge in [0.2, 0.25) is 0 Å². The van der Waals surface area contributed by atoms with Gasteiger partial charge in [-0.15, -0.1) is 16.4 Å². The number of carboxylic acid groups (broad SMARTS) is 1. The lowest BCUT2D eigenvalue weighted by Crippen LogP contribution is -2.22. The van der Waals surface area contributed by atoms with Crippen LogP contribution >= 0.6 is 23.1 Å². The van der Waals surface area contributed by atoms with E-state index in [2.05, 4.69) is 15.5 Å². The molecule has 2 heterocycles. The molecule has 0 fully saturated rings. The van der Waals surface area contributed by atoms with Crippen molar-refractivity contribution in [3.63, 3.8) is 0 Å². The highest BCUT2D eigenvalue weighted by atomic mass is 32.2. The van der Waals surface area contributed by atoms with Gasteiger partial charge in [-0.2, -0.15) is 11.8 Å². The summed E-state index contributed by atoms with van der Waals surface area (Å²) in [5, 5.41) is 22.5. The van der Waals surface area contributed by atoms with Crippen molar-refractivity contribution < 1.29 is 9.90 Å². The smallest absolute Gasteiger partial charge is 0.328 e. The highest BCUT2D eigenvalue weighted by Crippen LogP contribution is 2.25. The monoisotopic (exact) mass is 284 g/mol. The largest absolute Gasteiger partial charge is 0.480 e. The van der Waals surface area contributed by atoms with Gasteiger partial charge >= 0.3 is 5.97 Å². The number of nitrogens with zero attached hydrogens (tertiary/aromatic N) is 4. The first-order valence-electron chi connectivity index (χ1n) is 5.27. The zero-order valence-corrected chi connectivity index (χ0v) is 11.3. The number of aromatic nitrogens is 4. The Hall–Kier alpha value is -1.41. The van der Waals surface area contributed by atoms with Crippen LogP contribution in [0.5, 0.6) is 0 Å². The molecule has 18 heavy (non-hydrogen) atoms. The van der Waals surface area contributed by atoms with Gasteiger partial charge in [-0.1, -0.05) is 6.07 Å². The van der Waals surface area contributed by atoms with E-state index in [1.807, 2.05) is 23.8 Å². The third-order valence-corrected chi connectivity index (χ3v) is 3.92. The van der Waals surface area contributed by atoms with E-state index < -0.39 is 12.0 Å². The molecule has 0 aliphatic carbocycles. The van der Waals surface area contributed by atoms with Crippen LogP contribution in [-0.4, -0.2) is 43.3 Å². The first-order chi connectivity index (χ1) is 8.74. The molecule has 2 aromatic heterocycles. The van der Waals surface area contributed by atoms with Crippen molar-refractivity contribution >= 4 is 29.1 Å². The Morgan fingerprint density at radius 1 is 1.67 bits per heavy atom. The average molecular weight is 284 g/mol. The molecule has 0 saturated carbocycles. The number of tetrazole rings is 1. The van der Waals surface area contributed by atoms with Gasteiger partial charge in [0.1, 0.15) is 0 Å². The van der Waals surface area contributed by atoms with E-state index in [-0.39, 0.29) is 0 Å². The van der Waals surface area contributed by atoms with Crippen molar-refractivity contribution in [2.45, 2.75) is 12.5 Å². The van der Waals surface area contributed by atoms with Crippen LogP contribution in [0.15, 0.2) is 17.5 Å². The van der Waals surface area contributed by atoms with E-state index >= 15 is 0 Å². The second-order valence-electron chi connectivity index (χ2n) is 3.56. The van der Waals surface area contributed by atoms with E-state index in [1.165, 1.54) is 16.0 Å². The van der Waals surface area contributed by atoms with Crippen LogP contribution in [0.1, 0.15) is 12.5 Å². The minimum Gasteiger partial charge on any atom is -0.480 e. The molecule has 0 radical (unpaired) electrons. The van der Waals surface area contributed by atoms with Gasteiger partial charge in [-0.3, -0.25) is 0 Å². The number of thiophene rings is 1. The first-order valence-corrected chi connectivity index (χ1v) is 7.55. The van der Waals surface area contributed by atoms with Crippen molar-refractivity contribution in [3.05, 3.63) is 17.5 Å². The number of aliphatic carboxylic acids is 1. The van der Waals surface area contributed by atoms with E-state index in [9.17, 15) is 9.90 Å². The molecule has 0 amide bonds. The third-order valence-electron chi connectivity index (χ3n) is 2.41. The molecule has 0 bridgehead atoms. The van der Waals surface area contributed by atoms with Gasteiger partial charge in [0.15, 0.2) is 11.9 Å². The predicted molar refractivity (Wildman–Crippen MR) is 70.8 cm³/mol. The maximum Gasteiger partial charge on any atom is 0.328 e. The number of carboxylic acids is 1. The number of rotatable bonds is 6. The Morgan fingerprint density at radius 2 is 2.50 bits per heavy atom. The lowest BCUT2D eigenvalue weighted by Gasteiger charge is -2.12. The van der Waals surface area contributed by atoms with Crippen LogP contribution in [0.25, 0.3) is 10.7 Å². The van der Waals surface area contributed by atoms with Crippen molar-refractivity contribution in [1.82, 2.24) is 20.2 Å². The Morgan fingerprint density at radius 3 is 3.11 bits per heavy atom. The molecule has 0 spiro atoms. The molecule has 1 atom stereocenters. The number of carbonyl (C=O) groups is 1. The van der Waals surface area contributed by atoms with E-state index in [0.29, 0.717) is 12.2 Å². The van der Waals surface area contributed by atoms with Gasteiger partial charge in [0, 0.05) is 0 Å². The average Bonchev–Trinajstić information content (AvgIpc) is 2.99. The molecule has 0 aliphatic heterocycles. The Labute approximate surface area is 112 Å². The van der Waals surface area contributed by atoms with E-state index in [1.54, 1.807) is 11.8 Å². The molecule has 0 saturated heterocycles. The van der Waals surface area contributed by atoms with Gasteiger partial charge in [-0.25, -0.2) is 9.48 Å². The van der Waals surface area contributed by atoms with Crippen LogP contribution in [0.2, 0.25) is 0 Å². The molecule has 96 valence electrons. The van der Waals surface area contributed by atoms with Gasteiger partial charge in [-0.05, 0) is 40.3 Å². The summed E-state index contributed by atoms with van der Waals surface area (Å²) in [7, 11) is 0. The summed E-state index contributed by atoms with van der Waals surface area (Å²) in [4.78, 5) is 12.2. The topological polar surface area (TPSA) is 80.9 Å². The highest BCUT2D eigenvalue weighted by Gasteiger charge is 2.24. The zero-order chi connectivity index (χ0) is 13.0. The molecule has 1 unspecified atom stereocenters. The molecule has 2 aromatic rings. The molecule has 1 N–H and O–H groups in total. The highest BCUT2D eigenvalue weighted by molar-refractivity contribution is 7.98. The van der Waals surface area contributed by atoms with Gasteiger partial charge in [0.25, 0.3) is 0 Å². The standard InChI is InChI=1S/C10H12N4O2S2/c1-17-6-4-7(10(15)16)14-9(11-12-13-14)8-3-2-5-18-8/h2-3,5,7H,4,6H2,1H3,(H,15,16). The fraction of sp³-hybridized carbons (Fsp3) is 0.400. The summed E-state index contributed by atoms with van der Waals surface area (Å²) in [5.74, 6) is 0.355. The SMILES string of the molecule is CSCCC(C(=O)O)n1nnnc1-c1cccs1. The fourth-order valence-electron chi connectivity index (χ4n) is 1.55. The molecular formula is C10H12N4O2S2. The molecule has 0 aliphatic rings. The normalized spacial score (nSPS) is 12.5.